The second kappa shape index (κ2) is 5.71. The van der Waals surface area contributed by atoms with Crippen LogP contribution >= 0.6 is 0 Å². The lowest BCUT2D eigenvalue weighted by Crippen LogP contribution is -2.59. The largest absolute Gasteiger partial charge is 0.396 e. The van der Waals surface area contributed by atoms with Crippen LogP contribution < -0.4 is 11.1 Å². The third-order valence-electron chi connectivity index (χ3n) is 5.58. The lowest BCUT2D eigenvalue weighted by Gasteiger charge is -2.42. The number of nitrogens with two attached hydrogens (primary N) is 1. The molecule has 2 fully saturated rings. The molecular weight excluding hydrogens is 236 g/mol. The molecule has 2 rings (SSSR count). The summed E-state index contributed by atoms with van der Waals surface area (Å²) in [5, 5.41) is 13.5. The zero-order chi connectivity index (χ0) is 14.1. The number of hydrogen-bond donors (Lipinski definition) is 3. The van der Waals surface area contributed by atoms with E-state index in [2.05, 4.69) is 26.1 Å². The standard InChI is InChI=1S/C16H32N2O/c1-12-8-15(2,3)10-16(12,11-17)18-14-7-5-4-6-13(14)9-19/h12-14,18-19H,4-11,17H2,1-3H3. The average molecular weight is 268 g/mol. The first-order valence-corrected chi connectivity index (χ1v) is 8.01. The minimum atomic E-state index is 0.0823. The van der Waals surface area contributed by atoms with Gasteiger partial charge < -0.3 is 16.2 Å². The summed E-state index contributed by atoms with van der Waals surface area (Å²) in [5.41, 5.74) is 6.63. The van der Waals surface area contributed by atoms with Gasteiger partial charge in [-0.15, -0.1) is 0 Å². The molecule has 2 saturated carbocycles. The van der Waals surface area contributed by atoms with Gasteiger partial charge in [0.15, 0.2) is 0 Å². The van der Waals surface area contributed by atoms with Crippen LogP contribution in [0.15, 0.2) is 0 Å². The van der Waals surface area contributed by atoms with Crippen LogP contribution in [0.25, 0.3) is 0 Å². The van der Waals surface area contributed by atoms with Crippen molar-refractivity contribution in [2.24, 2.45) is 23.0 Å². The lowest BCUT2D eigenvalue weighted by atomic mass is 9.80. The number of aliphatic hydroxyl groups excluding tert-OH is 1. The molecule has 112 valence electrons. The number of nitrogens with one attached hydrogen (secondary N) is 1. The van der Waals surface area contributed by atoms with Crippen molar-refractivity contribution in [3.05, 3.63) is 0 Å². The molecule has 0 aromatic rings. The Hall–Kier alpha value is -0.120. The highest BCUT2D eigenvalue weighted by Crippen LogP contribution is 2.47. The molecular formula is C16H32N2O. The Morgan fingerprint density at radius 2 is 1.95 bits per heavy atom. The first-order chi connectivity index (χ1) is 8.92. The first kappa shape index (κ1) is 15.3. The Kier molecular flexibility index (Phi) is 4.59. The quantitative estimate of drug-likeness (QED) is 0.733. The van der Waals surface area contributed by atoms with Gasteiger partial charge in [0.25, 0.3) is 0 Å². The van der Waals surface area contributed by atoms with E-state index in [-0.39, 0.29) is 5.54 Å². The zero-order valence-corrected chi connectivity index (χ0v) is 12.9. The van der Waals surface area contributed by atoms with Crippen molar-refractivity contribution in [2.75, 3.05) is 13.2 Å². The van der Waals surface area contributed by atoms with Crippen molar-refractivity contribution in [3.8, 4) is 0 Å². The second-order valence-corrected chi connectivity index (χ2v) is 7.78. The summed E-state index contributed by atoms with van der Waals surface area (Å²) in [4.78, 5) is 0. The molecule has 4 N–H and O–H groups in total. The Morgan fingerprint density at radius 3 is 2.47 bits per heavy atom. The fourth-order valence-electron chi connectivity index (χ4n) is 4.64. The van der Waals surface area contributed by atoms with Gasteiger partial charge in [-0.05, 0) is 42.9 Å². The van der Waals surface area contributed by atoms with Crippen LogP contribution in [0.1, 0.15) is 59.3 Å². The normalized spacial score (nSPS) is 42.5. The predicted molar refractivity (Wildman–Crippen MR) is 79.9 cm³/mol. The maximum absolute atomic E-state index is 9.59. The molecule has 3 nitrogen and oxygen atoms in total. The zero-order valence-electron chi connectivity index (χ0n) is 12.9. The Balaban J connectivity index is 2.10. The summed E-state index contributed by atoms with van der Waals surface area (Å²) >= 11 is 0. The maximum Gasteiger partial charge on any atom is 0.0474 e. The van der Waals surface area contributed by atoms with Gasteiger partial charge in [-0.1, -0.05) is 33.6 Å². The highest BCUT2D eigenvalue weighted by molar-refractivity contribution is 5.06. The van der Waals surface area contributed by atoms with Gasteiger partial charge in [0.1, 0.15) is 0 Å². The summed E-state index contributed by atoms with van der Waals surface area (Å²) in [6.07, 6.45) is 7.30. The highest BCUT2D eigenvalue weighted by atomic mass is 16.3. The Labute approximate surface area is 118 Å². The van der Waals surface area contributed by atoms with Crippen molar-refractivity contribution in [3.63, 3.8) is 0 Å². The molecule has 0 aromatic carbocycles. The lowest BCUT2D eigenvalue weighted by molar-refractivity contribution is 0.115. The van der Waals surface area contributed by atoms with Gasteiger partial charge in [-0.3, -0.25) is 0 Å². The molecule has 0 radical (unpaired) electrons. The van der Waals surface area contributed by atoms with E-state index in [1.54, 1.807) is 0 Å². The van der Waals surface area contributed by atoms with E-state index in [1.165, 1.54) is 25.7 Å². The molecule has 4 atom stereocenters. The van der Waals surface area contributed by atoms with E-state index < -0.39 is 0 Å². The molecule has 19 heavy (non-hydrogen) atoms. The van der Waals surface area contributed by atoms with Crippen molar-refractivity contribution in [1.82, 2.24) is 5.32 Å². The van der Waals surface area contributed by atoms with E-state index in [9.17, 15) is 5.11 Å². The van der Waals surface area contributed by atoms with Crippen LogP contribution in [0.2, 0.25) is 0 Å². The van der Waals surface area contributed by atoms with Crippen LogP contribution in [-0.2, 0) is 0 Å². The van der Waals surface area contributed by atoms with Gasteiger partial charge in [0, 0.05) is 24.7 Å². The molecule has 2 aliphatic rings. The summed E-state index contributed by atoms with van der Waals surface area (Å²) in [6, 6.07) is 0.457. The third-order valence-corrected chi connectivity index (χ3v) is 5.58. The summed E-state index contributed by atoms with van der Waals surface area (Å²) in [6.45, 7) is 8.08. The highest BCUT2D eigenvalue weighted by Gasteiger charge is 2.49. The van der Waals surface area contributed by atoms with E-state index >= 15 is 0 Å². The smallest absolute Gasteiger partial charge is 0.0474 e. The van der Waals surface area contributed by atoms with E-state index in [0.717, 1.165) is 12.8 Å². The topological polar surface area (TPSA) is 58.3 Å². The average Bonchev–Trinajstić information content (AvgIpc) is 2.60. The molecule has 0 heterocycles. The van der Waals surface area contributed by atoms with Crippen LogP contribution in [0, 0.1) is 17.3 Å². The third kappa shape index (κ3) is 3.14. The fraction of sp³-hybridized carbons (Fsp3) is 1.00. The molecule has 0 bridgehead atoms. The minimum absolute atomic E-state index is 0.0823. The number of rotatable bonds is 4. The monoisotopic (exact) mass is 268 g/mol. The van der Waals surface area contributed by atoms with Crippen LogP contribution in [0.3, 0.4) is 0 Å². The first-order valence-electron chi connectivity index (χ1n) is 8.01. The molecule has 0 spiro atoms. The van der Waals surface area contributed by atoms with Crippen molar-refractivity contribution < 1.29 is 5.11 Å². The van der Waals surface area contributed by atoms with Crippen molar-refractivity contribution in [2.45, 2.75) is 70.9 Å². The second-order valence-electron chi connectivity index (χ2n) is 7.78. The van der Waals surface area contributed by atoms with Crippen LogP contribution in [0.5, 0.6) is 0 Å². The molecule has 3 heteroatoms. The van der Waals surface area contributed by atoms with Crippen LogP contribution in [-0.4, -0.2) is 29.8 Å². The molecule has 0 aromatic heterocycles. The van der Waals surface area contributed by atoms with Gasteiger partial charge in [-0.2, -0.15) is 0 Å². The van der Waals surface area contributed by atoms with E-state index in [4.69, 9.17) is 5.73 Å². The van der Waals surface area contributed by atoms with Gasteiger partial charge in [0.05, 0.1) is 0 Å². The van der Waals surface area contributed by atoms with Gasteiger partial charge in [-0.25, -0.2) is 0 Å². The number of aliphatic hydroxyl groups is 1. The van der Waals surface area contributed by atoms with E-state index in [0.29, 0.717) is 36.4 Å². The Morgan fingerprint density at radius 1 is 1.26 bits per heavy atom. The number of hydrogen-bond acceptors (Lipinski definition) is 3. The molecule has 4 unspecified atom stereocenters. The molecule has 0 amide bonds. The van der Waals surface area contributed by atoms with E-state index in [1.807, 2.05) is 0 Å². The summed E-state index contributed by atoms with van der Waals surface area (Å²) < 4.78 is 0. The van der Waals surface area contributed by atoms with Gasteiger partial charge in [0.2, 0.25) is 0 Å². The summed E-state index contributed by atoms with van der Waals surface area (Å²) in [5.74, 6) is 1.04. The molecule has 2 aliphatic carbocycles. The van der Waals surface area contributed by atoms with Gasteiger partial charge >= 0.3 is 0 Å². The fourth-order valence-corrected chi connectivity index (χ4v) is 4.64. The van der Waals surface area contributed by atoms with Crippen molar-refractivity contribution in [1.29, 1.82) is 0 Å². The van der Waals surface area contributed by atoms with Crippen LogP contribution in [0.4, 0.5) is 0 Å². The SMILES string of the molecule is CC1CC(C)(C)CC1(CN)NC1CCCCC1CO. The van der Waals surface area contributed by atoms with Crippen molar-refractivity contribution >= 4 is 0 Å². The maximum atomic E-state index is 9.59. The Bertz CT molecular complexity index is 305. The predicted octanol–water partition coefficient (Wildman–Crippen LogP) is 2.28. The minimum Gasteiger partial charge on any atom is -0.396 e. The summed E-state index contributed by atoms with van der Waals surface area (Å²) in [7, 11) is 0. The molecule has 0 saturated heterocycles. The molecule has 0 aliphatic heterocycles.